The van der Waals surface area contributed by atoms with E-state index < -0.39 is 17.7 Å². The lowest BCUT2D eigenvalue weighted by Gasteiger charge is -2.17. The molecule has 0 amide bonds. The van der Waals surface area contributed by atoms with Crippen LogP contribution in [0.3, 0.4) is 0 Å². The fraction of sp³-hybridized carbons (Fsp3) is 0.462. The number of benzene rings is 1. The highest BCUT2D eigenvalue weighted by Crippen LogP contribution is 2.21. The van der Waals surface area contributed by atoms with Gasteiger partial charge in [-0.2, -0.15) is 0 Å². The number of ether oxygens (including phenoxy) is 1. The first kappa shape index (κ1) is 14.3. The molecule has 18 heavy (non-hydrogen) atoms. The van der Waals surface area contributed by atoms with Gasteiger partial charge in [-0.15, -0.1) is 0 Å². The minimum absolute atomic E-state index is 0.0121. The van der Waals surface area contributed by atoms with Gasteiger partial charge in [-0.05, 0) is 18.1 Å². The highest BCUT2D eigenvalue weighted by Gasteiger charge is 2.21. The van der Waals surface area contributed by atoms with Gasteiger partial charge < -0.3 is 15.2 Å². The number of aliphatic carboxylic acids is 1. The maximum absolute atomic E-state index is 13.4. The van der Waals surface area contributed by atoms with Crippen molar-refractivity contribution in [2.24, 2.45) is 11.8 Å². The Bertz CT molecular complexity index is 421. The van der Waals surface area contributed by atoms with Crippen LogP contribution in [0.4, 0.5) is 10.1 Å². The normalized spacial score (nSPS) is 12.3. The number of carbonyl (C=O) groups is 1. The minimum atomic E-state index is -0.855. The lowest BCUT2D eigenvalue weighted by Crippen LogP contribution is -2.27. The summed E-state index contributed by atoms with van der Waals surface area (Å²) in [6.45, 7) is 3.95. The molecule has 0 aromatic heterocycles. The number of hydrogen-bond acceptors (Lipinski definition) is 3. The van der Waals surface area contributed by atoms with Gasteiger partial charge in [0.05, 0.1) is 13.0 Å². The number of carboxylic acids is 1. The van der Waals surface area contributed by atoms with E-state index in [0.717, 1.165) is 0 Å². The Kier molecular flexibility index (Phi) is 4.95. The van der Waals surface area contributed by atoms with Gasteiger partial charge in [0, 0.05) is 18.3 Å². The van der Waals surface area contributed by atoms with Crippen LogP contribution in [0.15, 0.2) is 18.2 Å². The largest absolute Gasteiger partial charge is 0.494 e. The molecule has 5 heteroatoms. The SMILES string of the molecule is COc1ccc(NCC(C(=O)O)C(C)C)cc1F. The summed E-state index contributed by atoms with van der Waals surface area (Å²) in [4.78, 5) is 11.0. The predicted molar refractivity (Wildman–Crippen MR) is 67.4 cm³/mol. The molecule has 0 aliphatic carbocycles. The molecule has 1 unspecified atom stereocenters. The Morgan fingerprint density at radius 2 is 2.17 bits per heavy atom. The molecule has 100 valence electrons. The van der Waals surface area contributed by atoms with Crippen molar-refractivity contribution < 1.29 is 19.0 Å². The van der Waals surface area contributed by atoms with Crippen LogP contribution in [0.5, 0.6) is 5.75 Å². The molecule has 0 heterocycles. The number of methoxy groups -OCH3 is 1. The van der Waals surface area contributed by atoms with E-state index in [4.69, 9.17) is 9.84 Å². The summed E-state index contributed by atoms with van der Waals surface area (Å²) in [7, 11) is 1.39. The average molecular weight is 255 g/mol. The molecule has 1 atom stereocenters. The highest BCUT2D eigenvalue weighted by atomic mass is 19.1. The Hall–Kier alpha value is -1.78. The van der Waals surface area contributed by atoms with Crippen molar-refractivity contribution in [3.63, 3.8) is 0 Å². The Morgan fingerprint density at radius 1 is 1.50 bits per heavy atom. The van der Waals surface area contributed by atoms with Crippen LogP contribution >= 0.6 is 0 Å². The highest BCUT2D eigenvalue weighted by molar-refractivity contribution is 5.71. The summed E-state index contributed by atoms with van der Waals surface area (Å²) >= 11 is 0. The van der Waals surface area contributed by atoms with Crippen molar-refractivity contribution in [1.29, 1.82) is 0 Å². The number of anilines is 1. The van der Waals surface area contributed by atoms with E-state index in [9.17, 15) is 9.18 Å². The smallest absolute Gasteiger partial charge is 0.308 e. The summed E-state index contributed by atoms with van der Waals surface area (Å²) in [5, 5.41) is 11.9. The number of halogens is 1. The van der Waals surface area contributed by atoms with Gasteiger partial charge in [-0.3, -0.25) is 4.79 Å². The zero-order valence-corrected chi connectivity index (χ0v) is 10.7. The van der Waals surface area contributed by atoms with Crippen molar-refractivity contribution in [3.8, 4) is 5.75 Å². The summed E-state index contributed by atoms with van der Waals surface area (Å²) in [6, 6.07) is 4.45. The molecule has 4 nitrogen and oxygen atoms in total. The van der Waals surface area contributed by atoms with Crippen LogP contribution in [-0.2, 0) is 4.79 Å². The van der Waals surface area contributed by atoms with Crippen LogP contribution in [0.1, 0.15) is 13.8 Å². The van der Waals surface area contributed by atoms with Gasteiger partial charge in [0.25, 0.3) is 0 Å². The van der Waals surface area contributed by atoms with Crippen molar-refractivity contribution in [2.45, 2.75) is 13.8 Å². The first-order chi connectivity index (χ1) is 8.45. The van der Waals surface area contributed by atoms with Crippen molar-refractivity contribution >= 4 is 11.7 Å². The van der Waals surface area contributed by atoms with Crippen LogP contribution in [0.2, 0.25) is 0 Å². The average Bonchev–Trinajstić information content (AvgIpc) is 2.28. The van der Waals surface area contributed by atoms with Gasteiger partial charge in [-0.25, -0.2) is 4.39 Å². The second-order valence-electron chi connectivity index (χ2n) is 4.42. The van der Waals surface area contributed by atoms with E-state index in [2.05, 4.69) is 5.32 Å². The lowest BCUT2D eigenvalue weighted by atomic mass is 9.96. The first-order valence-corrected chi connectivity index (χ1v) is 5.76. The molecular weight excluding hydrogens is 237 g/mol. The van der Waals surface area contributed by atoms with Gasteiger partial charge >= 0.3 is 5.97 Å². The van der Waals surface area contributed by atoms with E-state index in [1.807, 2.05) is 13.8 Å². The zero-order valence-electron chi connectivity index (χ0n) is 10.7. The third-order valence-electron chi connectivity index (χ3n) is 2.80. The fourth-order valence-corrected chi connectivity index (χ4v) is 1.61. The van der Waals surface area contributed by atoms with Crippen molar-refractivity contribution in [3.05, 3.63) is 24.0 Å². The monoisotopic (exact) mass is 255 g/mol. The molecule has 0 aliphatic rings. The quantitative estimate of drug-likeness (QED) is 0.820. The standard InChI is InChI=1S/C13H18FNO3/c1-8(2)10(13(16)17)7-15-9-4-5-12(18-3)11(14)6-9/h4-6,8,10,15H,7H2,1-3H3,(H,16,17). The molecule has 0 spiro atoms. The summed E-state index contributed by atoms with van der Waals surface area (Å²) < 4.78 is 18.2. The summed E-state index contributed by atoms with van der Waals surface area (Å²) in [6.07, 6.45) is 0. The van der Waals surface area contributed by atoms with Crippen LogP contribution in [0, 0.1) is 17.7 Å². The second kappa shape index (κ2) is 6.23. The number of hydrogen-bond donors (Lipinski definition) is 2. The van der Waals surface area contributed by atoms with E-state index >= 15 is 0 Å². The topological polar surface area (TPSA) is 58.6 Å². The summed E-state index contributed by atoms with van der Waals surface area (Å²) in [5.74, 6) is -1.65. The van der Waals surface area contributed by atoms with Crippen molar-refractivity contribution in [1.82, 2.24) is 0 Å². The first-order valence-electron chi connectivity index (χ1n) is 5.76. The fourth-order valence-electron chi connectivity index (χ4n) is 1.61. The molecule has 0 fully saturated rings. The third-order valence-corrected chi connectivity index (χ3v) is 2.80. The van der Waals surface area contributed by atoms with E-state index in [-0.39, 0.29) is 18.2 Å². The maximum atomic E-state index is 13.4. The Morgan fingerprint density at radius 3 is 2.61 bits per heavy atom. The van der Waals surface area contributed by atoms with E-state index in [1.54, 1.807) is 6.07 Å². The third kappa shape index (κ3) is 3.61. The van der Waals surface area contributed by atoms with Gasteiger partial charge in [-0.1, -0.05) is 13.8 Å². The van der Waals surface area contributed by atoms with Crippen LogP contribution in [0.25, 0.3) is 0 Å². The molecule has 1 aromatic carbocycles. The molecule has 1 rings (SSSR count). The molecule has 2 N–H and O–H groups in total. The van der Waals surface area contributed by atoms with Gasteiger partial charge in [0.15, 0.2) is 11.6 Å². The molecule has 0 radical (unpaired) electrons. The molecule has 0 saturated heterocycles. The van der Waals surface area contributed by atoms with Crippen LogP contribution < -0.4 is 10.1 Å². The predicted octanol–water partition coefficient (Wildman–Crippen LogP) is 2.60. The summed E-state index contributed by atoms with van der Waals surface area (Å²) in [5.41, 5.74) is 0.542. The number of rotatable bonds is 6. The molecule has 0 bridgehead atoms. The number of carboxylic acid groups (broad SMARTS) is 1. The molecule has 1 aromatic rings. The second-order valence-corrected chi connectivity index (χ2v) is 4.42. The Labute approximate surface area is 106 Å². The van der Waals surface area contributed by atoms with Gasteiger partial charge in [0.2, 0.25) is 0 Å². The molecule has 0 aliphatic heterocycles. The Balaban J connectivity index is 2.68. The zero-order chi connectivity index (χ0) is 13.7. The molecular formula is C13H18FNO3. The maximum Gasteiger partial charge on any atom is 0.308 e. The van der Waals surface area contributed by atoms with Crippen LogP contribution in [-0.4, -0.2) is 24.7 Å². The van der Waals surface area contributed by atoms with E-state index in [0.29, 0.717) is 5.69 Å². The van der Waals surface area contributed by atoms with E-state index in [1.165, 1.54) is 19.2 Å². The minimum Gasteiger partial charge on any atom is -0.494 e. The lowest BCUT2D eigenvalue weighted by molar-refractivity contribution is -0.142. The van der Waals surface area contributed by atoms with Crippen molar-refractivity contribution in [2.75, 3.05) is 19.0 Å². The van der Waals surface area contributed by atoms with Gasteiger partial charge in [0.1, 0.15) is 0 Å². The number of nitrogens with one attached hydrogen (secondary N) is 1. The molecule has 0 saturated carbocycles.